The Morgan fingerprint density at radius 2 is 1.16 bits per heavy atom. The molecule has 0 aliphatic carbocycles. The summed E-state index contributed by atoms with van der Waals surface area (Å²) in [6.07, 6.45) is 13.6. The van der Waals surface area contributed by atoms with Gasteiger partial charge < -0.3 is 4.90 Å². The Hall–Kier alpha value is -1.50. The fourth-order valence-corrected chi connectivity index (χ4v) is 3.56. The smallest absolute Gasteiger partial charge is 0.0372 e. The first-order valence-electron chi connectivity index (χ1n) is 10.6. The third-order valence-corrected chi connectivity index (χ3v) is 5.16. The maximum atomic E-state index is 2.63. The van der Waals surface area contributed by atoms with E-state index in [0.717, 1.165) is 0 Å². The zero-order chi connectivity index (χ0) is 17.7. The van der Waals surface area contributed by atoms with Gasteiger partial charge in [0.05, 0.1) is 0 Å². The fraction of sp³-hybridized carbons (Fsp3) is 0.583. The van der Waals surface area contributed by atoms with Crippen LogP contribution in [0.4, 0.5) is 5.69 Å². The molecule has 0 heterocycles. The minimum absolute atomic E-state index is 1.20. The first-order valence-corrected chi connectivity index (χ1v) is 10.6. The Morgan fingerprint density at radius 3 is 1.76 bits per heavy atom. The van der Waals surface area contributed by atoms with Gasteiger partial charge in [-0.25, -0.2) is 0 Å². The molecule has 0 aliphatic rings. The molecule has 0 fully saturated rings. The van der Waals surface area contributed by atoms with Crippen LogP contribution in [0.15, 0.2) is 42.5 Å². The van der Waals surface area contributed by atoms with E-state index in [1.54, 1.807) is 0 Å². The third-order valence-electron chi connectivity index (χ3n) is 5.16. The summed E-state index contributed by atoms with van der Waals surface area (Å²) < 4.78 is 0. The molecule has 0 saturated carbocycles. The van der Waals surface area contributed by atoms with Crippen LogP contribution in [0.25, 0.3) is 10.8 Å². The van der Waals surface area contributed by atoms with Gasteiger partial charge in [-0.3, -0.25) is 0 Å². The first kappa shape index (κ1) is 19.8. The van der Waals surface area contributed by atoms with Crippen molar-refractivity contribution < 1.29 is 0 Å². The number of unbranched alkanes of at least 4 members (excludes halogenated alkanes) is 8. The van der Waals surface area contributed by atoms with Gasteiger partial charge in [0.25, 0.3) is 0 Å². The van der Waals surface area contributed by atoms with Gasteiger partial charge in [-0.1, -0.05) is 95.5 Å². The second-order valence-electron chi connectivity index (χ2n) is 7.35. The molecule has 0 radical (unpaired) electrons. The van der Waals surface area contributed by atoms with Gasteiger partial charge in [0.15, 0.2) is 0 Å². The summed E-state index contributed by atoms with van der Waals surface area (Å²) in [4.78, 5) is 2.63. The van der Waals surface area contributed by atoms with Crippen molar-refractivity contribution in [3.8, 4) is 0 Å². The summed E-state index contributed by atoms with van der Waals surface area (Å²) >= 11 is 0. The van der Waals surface area contributed by atoms with Crippen LogP contribution in [0.1, 0.15) is 78.1 Å². The summed E-state index contributed by atoms with van der Waals surface area (Å²) in [5.74, 6) is 0. The Kier molecular flexibility index (Phi) is 9.47. The monoisotopic (exact) mass is 339 g/mol. The van der Waals surface area contributed by atoms with Gasteiger partial charge in [0.1, 0.15) is 0 Å². The highest BCUT2D eigenvalue weighted by Gasteiger charge is 2.07. The standard InChI is InChI=1S/C24H37N/c1-3-5-7-9-13-19-25(20-14-10-8-6-4-2)24-18-17-22-15-11-12-16-23(22)21-24/h11-12,15-18,21H,3-10,13-14,19-20H2,1-2H3. The number of benzene rings is 2. The van der Waals surface area contributed by atoms with Crippen molar-refractivity contribution in [1.82, 2.24) is 0 Å². The van der Waals surface area contributed by atoms with E-state index >= 15 is 0 Å². The molecule has 0 aromatic heterocycles. The Bertz CT molecular complexity index is 575. The largest absolute Gasteiger partial charge is 0.372 e. The van der Waals surface area contributed by atoms with Gasteiger partial charge >= 0.3 is 0 Å². The van der Waals surface area contributed by atoms with Crippen molar-refractivity contribution >= 4 is 16.5 Å². The van der Waals surface area contributed by atoms with Crippen molar-refractivity contribution in [2.45, 2.75) is 78.1 Å². The molecular weight excluding hydrogens is 302 g/mol. The minimum Gasteiger partial charge on any atom is -0.372 e. The number of hydrogen-bond acceptors (Lipinski definition) is 1. The van der Waals surface area contributed by atoms with Crippen molar-refractivity contribution in [2.75, 3.05) is 18.0 Å². The number of anilines is 1. The molecule has 0 aliphatic heterocycles. The summed E-state index contributed by atoms with van der Waals surface area (Å²) in [6, 6.07) is 15.7. The normalized spacial score (nSPS) is 11.1. The summed E-state index contributed by atoms with van der Waals surface area (Å²) in [5, 5.41) is 2.71. The topological polar surface area (TPSA) is 3.24 Å². The van der Waals surface area contributed by atoms with Gasteiger partial charge in [0, 0.05) is 18.8 Å². The lowest BCUT2D eigenvalue weighted by Crippen LogP contribution is -2.25. The molecule has 1 heteroatoms. The van der Waals surface area contributed by atoms with Gasteiger partial charge in [-0.15, -0.1) is 0 Å². The SMILES string of the molecule is CCCCCCCN(CCCCCCC)c1ccc2ccccc2c1. The third kappa shape index (κ3) is 7.10. The van der Waals surface area contributed by atoms with E-state index in [1.807, 2.05) is 0 Å². The zero-order valence-electron chi connectivity index (χ0n) is 16.5. The molecule has 0 atom stereocenters. The summed E-state index contributed by atoms with van der Waals surface area (Å²) in [7, 11) is 0. The molecule has 25 heavy (non-hydrogen) atoms. The molecule has 2 aromatic rings. The van der Waals surface area contributed by atoms with E-state index in [0.29, 0.717) is 0 Å². The molecule has 0 saturated heterocycles. The Balaban J connectivity index is 1.95. The maximum absolute atomic E-state index is 2.63. The van der Waals surface area contributed by atoms with Gasteiger partial charge in [-0.05, 0) is 35.7 Å². The quantitative estimate of drug-likeness (QED) is 0.340. The highest BCUT2D eigenvalue weighted by Crippen LogP contribution is 2.23. The van der Waals surface area contributed by atoms with Crippen molar-refractivity contribution in [2.24, 2.45) is 0 Å². The zero-order valence-corrected chi connectivity index (χ0v) is 16.5. The molecule has 1 nitrogen and oxygen atoms in total. The fourth-order valence-electron chi connectivity index (χ4n) is 3.56. The first-order chi connectivity index (χ1) is 12.3. The molecular formula is C24H37N. The van der Waals surface area contributed by atoms with E-state index in [-0.39, 0.29) is 0 Å². The van der Waals surface area contributed by atoms with E-state index in [1.165, 1.54) is 93.8 Å². The van der Waals surface area contributed by atoms with E-state index < -0.39 is 0 Å². The van der Waals surface area contributed by atoms with Gasteiger partial charge in [-0.2, -0.15) is 0 Å². The highest BCUT2D eigenvalue weighted by molar-refractivity contribution is 5.85. The molecule has 0 bridgehead atoms. The highest BCUT2D eigenvalue weighted by atomic mass is 15.1. The molecule has 138 valence electrons. The molecule has 0 spiro atoms. The van der Waals surface area contributed by atoms with Crippen LogP contribution in [0.2, 0.25) is 0 Å². The van der Waals surface area contributed by atoms with Crippen LogP contribution in [-0.2, 0) is 0 Å². The van der Waals surface area contributed by atoms with Crippen LogP contribution in [0.3, 0.4) is 0 Å². The van der Waals surface area contributed by atoms with E-state index in [2.05, 4.69) is 61.2 Å². The van der Waals surface area contributed by atoms with Crippen LogP contribution >= 0.6 is 0 Å². The maximum Gasteiger partial charge on any atom is 0.0372 e. The van der Waals surface area contributed by atoms with Crippen LogP contribution in [0, 0.1) is 0 Å². The predicted octanol–water partition coefficient (Wildman–Crippen LogP) is 7.59. The van der Waals surface area contributed by atoms with E-state index in [4.69, 9.17) is 0 Å². The average molecular weight is 340 g/mol. The van der Waals surface area contributed by atoms with Crippen molar-refractivity contribution in [3.05, 3.63) is 42.5 Å². The Labute approximate surface area is 155 Å². The van der Waals surface area contributed by atoms with E-state index in [9.17, 15) is 0 Å². The lowest BCUT2D eigenvalue weighted by Gasteiger charge is -2.25. The summed E-state index contributed by atoms with van der Waals surface area (Å²) in [6.45, 7) is 6.99. The molecule has 0 N–H and O–H groups in total. The number of rotatable bonds is 13. The second kappa shape index (κ2) is 12.0. The average Bonchev–Trinajstić information content (AvgIpc) is 2.65. The number of hydrogen-bond donors (Lipinski definition) is 0. The predicted molar refractivity (Wildman–Crippen MR) is 114 cm³/mol. The number of nitrogens with zero attached hydrogens (tertiary/aromatic N) is 1. The lowest BCUT2D eigenvalue weighted by molar-refractivity contribution is 0.589. The van der Waals surface area contributed by atoms with Crippen LogP contribution < -0.4 is 4.90 Å². The minimum atomic E-state index is 1.20. The van der Waals surface area contributed by atoms with Crippen LogP contribution in [-0.4, -0.2) is 13.1 Å². The molecule has 2 rings (SSSR count). The van der Waals surface area contributed by atoms with Gasteiger partial charge in [0.2, 0.25) is 0 Å². The second-order valence-corrected chi connectivity index (χ2v) is 7.35. The Morgan fingerprint density at radius 1 is 0.600 bits per heavy atom. The molecule has 2 aromatic carbocycles. The molecule has 0 amide bonds. The van der Waals surface area contributed by atoms with Crippen molar-refractivity contribution in [1.29, 1.82) is 0 Å². The summed E-state index contributed by atoms with van der Waals surface area (Å²) in [5.41, 5.74) is 1.41. The lowest BCUT2D eigenvalue weighted by atomic mass is 10.1. The van der Waals surface area contributed by atoms with Crippen LogP contribution in [0.5, 0.6) is 0 Å². The molecule has 0 unspecified atom stereocenters. The number of fused-ring (bicyclic) bond motifs is 1. The van der Waals surface area contributed by atoms with Crippen molar-refractivity contribution in [3.63, 3.8) is 0 Å².